The zero-order chi connectivity index (χ0) is 14.3. The minimum Gasteiger partial charge on any atom is -0.496 e. The molecule has 4 heteroatoms. The molecule has 1 aromatic rings. The van der Waals surface area contributed by atoms with E-state index in [9.17, 15) is 9.50 Å². The number of methoxy groups -OCH3 is 2. The molecule has 0 aliphatic rings. The van der Waals surface area contributed by atoms with E-state index >= 15 is 0 Å². The number of ether oxygens (including phenoxy) is 2. The molecule has 0 bridgehead atoms. The SMILES string of the molecule is CCCc1cc(OC)c(CC(O)CCF)cc1OC. The number of rotatable bonds is 8. The molecule has 108 valence electrons. The quantitative estimate of drug-likeness (QED) is 0.789. The maximum absolute atomic E-state index is 12.2. The fraction of sp³-hybridized carbons (Fsp3) is 0.600. The molecule has 0 saturated carbocycles. The van der Waals surface area contributed by atoms with Crippen LogP contribution in [0.4, 0.5) is 4.39 Å². The second-order valence-electron chi connectivity index (χ2n) is 4.56. The van der Waals surface area contributed by atoms with E-state index < -0.39 is 12.8 Å². The third-order valence-electron chi connectivity index (χ3n) is 3.10. The van der Waals surface area contributed by atoms with Gasteiger partial charge in [-0.1, -0.05) is 13.3 Å². The molecular weight excluding hydrogens is 247 g/mol. The molecule has 0 radical (unpaired) electrons. The molecule has 0 saturated heterocycles. The number of aliphatic hydroxyl groups excluding tert-OH is 1. The highest BCUT2D eigenvalue weighted by Crippen LogP contribution is 2.30. The summed E-state index contributed by atoms with van der Waals surface area (Å²) in [5, 5.41) is 9.72. The Labute approximate surface area is 114 Å². The molecule has 1 aromatic carbocycles. The van der Waals surface area contributed by atoms with E-state index in [1.54, 1.807) is 14.2 Å². The van der Waals surface area contributed by atoms with E-state index in [-0.39, 0.29) is 6.42 Å². The Morgan fingerprint density at radius 3 is 2.26 bits per heavy atom. The largest absolute Gasteiger partial charge is 0.496 e. The molecule has 1 N–H and O–H groups in total. The molecule has 19 heavy (non-hydrogen) atoms. The van der Waals surface area contributed by atoms with Crippen LogP contribution in [0.3, 0.4) is 0 Å². The van der Waals surface area contributed by atoms with Crippen LogP contribution in [0.1, 0.15) is 30.9 Å². The van der Waals surface area contributed by atoms with Crippen LogP contribution in [-0.2, 0) is 12.8 Å². The van der Waals surface area contributed by atoms with Crippen LogP contribution >= 0.6 is 0 Å². The van der Waals surface area contributed by atoms with Crippen LogP contribution in [0.25, 0.3) is 0 Å². The summed E-state index contributed by atoms with van der Waals surface area (Å²) in [4.78, 5) is 0. The number of aliphatic hydroxyl groups is 1. The van der Waals surface area contributed by atoms with Crippen LogP contribution in [0, 0.1) is 0 Å². The molecule has 1 atom stereocenters. The van der Waals surface area contributed by atoms with Crippen molar-refractivity contribution in [3.8, 4) is 11.5 Å². The van der Waals surface area contributed by atoms with Crippen molar-refractivity contribution in [2.45, 2.75) is 38.7 Å². The first-order valence-corrected chi connectivity index (χ1v) is 6.64. The first-order valence-electron chi connectivity index (χ1n) is 6.64. The predicted octanol–water partition coefficient (Wildman–Crippen LogP) is 2.92. The molecule has 1 unspecified atom stereocenters. The molecule has 0 spiro atoms. The molecule has 0 fully saturated rings. The lowest BCUT2D eigenvalue weighted by atomic mass is 10.00. The maximum atomic E-state index is 12.2. The summed E-state index contributed by atoms with van der Waals surface area (Å²) >= 11 is 0. The Hall–Kier alpha value is -1.29. The van der Waals surface area contributed by atoms with E-state index in [4.69, 9.17) is 9.47 Å². The summed E-state index contributed by atoms with van der Waals surface area (Å²) in [6, 6.07) is 3.82. The minimum atomic E-state index is -0.694. The first-order chi connectivity index (χ1) is 9.15. The number of hydrogen-bond donors (Lipinski definition) is 1. The lowest BCUT2D eigenvalue weighted by Crippen LogP contribution is -2.12. The van der Waals surface area contributed by atoms with E-state index in [1.165, 1.54) is 0 Å². The van der Waals surface area contributed by atoms with Gasteiger partial charge in [0.2, 0.25) is 0 Å². The zero-order valence-corrected chi connectivity index (χ0v) is 11.9. The number of halogens is 1. The molecule has 0 aliphatic heterocycles. The van der Waals surface area contributed by atoms with Crippen molar-refractivity contribution in [1.29, 1.82) is 0 Å². The molecule has 3 nitrogen and oxygen atoms in total. The van der Waals surface area contributed by atoms with Crippen molar-refractivity contribution in [1.82, 2.24) is 0 Å². The Morgan fingerprint density at radius 1 is 1.16 bits per heavy atom. The Balaban J connectivity index is 3.02. The van der Waals surface area contributed by atoms with Crippen molar-refractivity contribution in [2.75, 3.05) is 20.9 Å². The van der Waals surface area contributed by atoms with Crippen molar-refractivity contribution >= 4 is 0 Å². The Morgan fingerprint density at radius 2 is 1.74 bits per heavy atom. The highest BCUT2D eigenvalue weighted by molar-refractivity contribution is 5.47. The lowest BCUT2D eigenvalue weighted by Gasteiger charge is -2.16. The molecular formula is C15H23FO3. The van der Waals surface area contributed by atoms with Gasteiger partial charge in [0.15, 0.2) is 0 Å². The van der Waals surface area contributed by atoms with Gasteiger partial charge < -0.3 is 14.6 Å². The average molecular weight is 270 g/mol. The highest BCUT2D eigenvalue weighted by atomic mass is 19.1. The van der Waals surface area contributed by atoms with Crippen molar-refractivity contribution in [3.63, 3.8) is 0 Å². The molecule has 0 aromatic heterocycles. The fourth-order valence-corrected chi connectivity index (χ4v) is 2.13. The van der Waals surface area contributed by atoms with Gasteiger partial charge in [0.1, 0.15) is 11.5 Å². The molecule has 0 aliphatic carbocycles. The summed E-state index contributed by atoms with van der Waals surface area (Å²) in [6.45, 7) is 1.58. The van der Waals surface area contributed by atoms with Crippen LogP contribution < -0.4 is 9.47 Å². The lowest BCUT2D eigenvalue weighted by molar-refractivity contribution is 0.153. The smallest absolute Gasteiger partial charge is 0.122 e. The summed E-state index contributed by atoms with van der Waals surface area (Å²) < 4.78 is 22.9. The summed E-state index contributed by atoms with van der Waals surface area (Å²) in [5.74, 6) is 1.52. The monoisotopic (exact) mass is 270 g/mol. The van der Waals surface area contributed by atoms with Crippen LogP contribution in [0.5, 0.6) is 11.5 Å². The van der Waals surface area contributed by atoms with Gasteiger partial charge in [-0.05, 0) is 24.1 Å². The maximum Gasteiger partial charge on any atom is 0.122 e. The Bertz CT molecular complexity index is 393. The van der Waals surface area contributed by atoms with Gasteiger partial charge in [-0.15, -0.1) is 0 Å². The molecule has 1 rings (SSSR count). The summed E-state index contributed by atoms with van der Waals surface area (Å²) in [7, 11) is 3.23. The zero-order valence-electron chi connectivity index (χ0n) is 11.9. The van der Waals surface area contributed by atoms with Crippen LogP contribution in [0.15, 0.2) is 12.1 Å². The van der Waals surface area contributed by atoms with Crippen molar-refractivity contribution in [2.24, 2.45) is 0 Å². The topological polar surface area (TPSA) is 38.7 Å². The normalized spacial score (nSPS) is 12.3. The summed E-state index contributed by atoms with van der Waals surface area (Å²) in [6.07, 6.45) is 1.74. The van der Waals surface area contributed by atoms with Crippen molar-refractivity contribution < 1.29 is 19.0 Å². The van der Waals surface area contributed by atoms with Gasteiger partial charge >= 0.3 is 0 Å². The predicted molar refractivity (Wildman–Crippen MR) is 73.8 cm³/mol. The number of benzene rings is 1. The van der Waals surface area contributed by atoms with Crippen LogP contribution in [-0.4, -0.2) is 32.1 Å². The Kier molecular flexibility index (Phi) is 6.64. The van der Waals surface area contributed by atoms with E-state index in [0.29, 0.717) is 6.42 Å². The van der Waals surface area contributed by atoms with E-state index in [2.05, 4.69) is 6.92 Å². The van der Waals surface area contributed by atoms with Gasteiger partial charge in [-0.25, -0.2) is 0 Å². The minimum absolute atomic E-state index is 0.141. The average Bonchev–Trinajstić information content (AvgIpc) is 2.40. The van der Waals surface area contributed by atoms with Crippen LogP contribution in [0.2, 0.25) is 0 Å². The second-order valence-corrected chi connectivity index (χ2v) is 4.56. The van der Waals surface area contributed by atoms with E-state index in [1.807, 2.05) is 12.1 Å². The fourth-order valence-electron chi connectivity index (χ4n) is 2.13. The highest BCUT2D eigenvalue weighted by Gasteiger charge is 2.14. The van der Waals surface area contributed by atoms with Gasteiger partial charge in [0, 0.05) is 18.4 Å². The van der Waals surface area contributed by atoms with Gasteiger partial charge in [-0.2, -0.15) is 0 Å². The number of hydrogen-bond acceptors (Lipinski definition) is 3. The standard InChI is InChI=1S/C15H23FO3/c1-4-5-11-9-15(19-3)12(10-14(11)18-2)8-13(17)6-7-16/h9-10,13,17H,4-8H2,1-3H3. The second kappa shape index (κ2) is 8.00. The number of alkyl halides is 1. The first kappa shape index (κ1) is 15.8. The van der Waals surface area contributed by atoms with Gasteiger partial charge in [0.25, 0.3) is 0 Å². The van der Waals surface area contributed by atoms with E-state index in [0.717, 1.165) is 35.5 Å². The molecule has 0 heterocycles. The third-order valence-corrected chi connectivity index (χ3v) is 3.10. The van der Waals surface area contributed by atoms with Crippen molar-refractivity contribution in [3.05, 3.63) is 23.3 Å². The molecule has 0 amide bonds. The summed E-state index contributed by atoms with van der Waals surface area (Å²) in [5.41, 5.74) is 1.94. The third kappa shape index (κ3) is 4.39. The van der Waals surface area contributed by atoms with Gasteiger partial charge in [-0.3, -0.25) is 4.39 Å². The van der Waals surface area contributed by atoms with Gasteiger partial charge in [0.05, 0.1) is 27.0 Å². The number of aryl methyl sites for hydroxylation is 1.